The molecule has 3 aromatic rings. The first-order chi connectivity index (χ1) is 13.7. The number of carbonyl (C=O) groups excluding carboxylic acids is 1. The summed E-state index contributed by atoms with van der Waals surface area (Å²) < 4.78 is 5.41. The topological polar surface area (TPSA) is 78.3 Å². The maximum absolute atomic E-state index is 13.0. The van der Waals surface area contributed by atoms with Crippen molar-refractivity contribution in [1.29, 1.82) is 0 Å². The summed E-state index contributed by atoms with van der Waals surface area (Å²) in [7, 11) is 2.17. The number of hydrogen-bond donors (Lipinski definition) is 1. The van der Waals surface area contributed by atoms with Crippen LogP contribution in [-0.2, 0) is 12.0 Å². The summed E-state index contributed by atoms with van der Waals surface area (Å²) >= 11 is 0. The van der Waals surface area contributed by atoms with Crippen LogP contribution in [-0.4, -0.2) is 57.5 Å². The molecule has 7 heteroatoms. The molecule has 1 aromatic carbocycles. The second-order valence-corrected chi connectivity index (χ2v) is 7.67. The third-order valence-corrected chi connectivity index (χ3v) is 6.25. The fourth-order valence-corrected chi connectivity index (χ4v) is 4.56. The number of fused-ring (bicyclic) bond motifs is 2. The van der Waals surface area contributed by atoms with Crippen LogP contribution in [0.1, 0.15) is 34.7 Å². The number of carbonyl (C=O) groups is 1. The molecule has 2 aliphatic heterocycles. The maximum atomic E-state index is 13.0. The summed E-state index contributed by atoms with van der Waals surface area (Å²) in [5.74, 6) is 0.548. The van der Waals surface area contributed by atoms with Gasteiger partial charge < -0.3 is 14.4 Å². The van der Waals surface area contributed by atoms with Crippen molar-refractivity contribution in [2.45, 2.75) is 24.8 Å². The summed E-state index contributed by atoms with van der Waals surface area (Å²) in [6, 6.07) is 11.4. The monoisotopic (exact) mass is 377 g/mol. The van der Waals surface area contributed by atoms with Crippen LogP contribution in [0.3, 0.4) is 0 Å². The van der Waals surface area contributed by atoms with E-state index in [-0.39, 0.29) is 11.4 Å². The third-order valence-electron chi connectivity index (χ3n) is 6.25. The number of hydrogen-bond acceptors (Lipinski definition) is 5. The van der Waals surface area contributed by atoms with Gasteiger partial charge in [0.15, 0.2) is 11.5 Å². The highest BCUT2D eigenvalue weighted by atomic mass is 16.5. The Morgan fingerprint density at radius 1 is 1.18 bits per heavy atom. The van der Waals surface area contributed by atoms with E-state index < -0.39 is 0 Å². The number of likely N-dealkylation sites (tertiary alicyclic amines) is 1. The highest BCUT2D eigenvalue weighted by molar-refractivity contribution is 5.93. The lowest BCUT2D eigenvalue weighted by Gasteiger charge is -2.49. The molecule has 0 saturated carbocycles. The van der Waals surface area contributed by atoms with Gasteiger partial charge in [0.1, 0.15) is 0 Å². The number of imidazole rings is 1. The number of nitrogens with one attached hydrogen (secondary N) is 1. The molecule has 1 fully saturated rings. The van der Waals surface area contributed by atoms with E-state index >= 15 is 0 Å². The van der Waals surface area contributed by atoms with E-state index in [1.807, 2.05) is 35.2 Å². The molecule has 1 spiro atoms. The SMILES string of the molecule is CN1CCc2[nH]cnc2C12CCN(C(=O)c1cc(-c3ccccc3)on1)CC2. The number of H-pyrrole nitrogens is 1. The molecular weight excluding hydrogens is 354 g/mol. The Kier molecular flexibility index (Phi) is 4.05. The van der Waals surface area contributed by atoms with Gasteiger partial charge in [-0.1, -0.05) is 35.5 Å². The van der Waals surface area contributed by atoms with Crippen LogP contribution in [0.25, 0.3) is 11.3 Å². The molecule has 2 aromatic heterocycles. The fourth-order valence-electron chi connectivity index (χ4n) is 4.56. The second-order valence-electron chi connectivity index (χ2n) is 7.67. The number of aromatic amines is 1. The lowest BCUT2D eigenvalue weighted by atomic mass is 9.79. The van der Waals surface area contributed by atoms with Gasteiger partial charge in [-0.3, -0.25) is 9.69 Å². The number of rotatable bonds is 2. The van der Waals surface area contributed by atoms with Crippen LogP contribution in [0, 0.1) is 0 Å². The van der Waals surface area contributed by atoms with Crippen molar-refractivity contribution in [1.82, 2.24) is 24.9 Å². The van der Waals surface area contributed by atoms with Crippen molar-refractivity contribution < 1.29 is 9.32 Å². The van der Waals surface area contributed by atoms with Gasteiger partial charge in [0.25, 0.3) is 5.91 Å². The van der Waals surface area contributed by atoms with Gasteiger partial charge in [-0.25, -0.2) is 4.98 Å². The van der Waals surface area contributed by atoms with E-state index in [1.165, 1.54) is 5.69 Å². The Morgan fingerprint density at radius 3 is 2.75 bits per heavy atom. The number of amides is 1. The van der Waals surface area contributed by atoms with Crippen molar-refractivity contribution in [2.24, 2.45) is 0 Å². The van der Waals surface area contributed by atoms with Crippen molar-refractivity contribution in [3.63, 3.8) is 0 Å². The zero-order chi connectivity index (χ0) is 19.1. The lowest BCUT2D eigenvalue weighted by Crippen LogP contribution is -2.55. The van der Waals surface area contributed by atoms with E-state index in [4.69, 9.17) is 4.52 Å². The van der Waals surface area contributed by atoms with Crippen LogP contribution in [0.4, 0.5) is 0 Å². The molecule has 5 rings (SSSR count). The van der Waals surface area contributed by atoms with E-state index in [2.05, 4.69) is 27.1 Å². The average Bonchev–Trinajstić information content (AvgIpc) is 3.42. The minimum Gasteiger partial charge on any atom is -0.355 e. The molecule has 0 aliphatic carbocycles. The van der Waals surface area contributed by atoms with Crippen LogP contribution >= 0.6 is 0 Å². The van der Waals surface area contributed by atoms with Gasteiger partial charge in [-0.15, -0.1) is 0 Å². The van der Waals surface area contributed by atoms with Crippen LogP contribution in [0.15, 0.2) is 47.2 Å². The molecule has 28 heavy (non-hydrogen) atoms. The average molecular weight is 377 g/mol. The van der Waals surface area contributed by atoms with Crippen LogP contribution in [0.5, 0.6) is 0 Å². The molecule has 0 unspecified atom stereocenters. The maximum Gasteiger partial charge on any atom is 0.276 e. The van der Waals surface area contributed by atoms with Gasteiger partial charge >= 0.3 is 0 Å². The summed E-state index contributed by atoms with van der Waals surface area (Å²) in [6.45, 7) is 2.37. The normalized spacial score (nSPS) is 19.0. The second kappa shape index (κ2) is 6.60. The van der Waals surface area contributed by atoms with Crippen molar-refractivity contribution in [2.75, 3.05) is 26.7 Å². The predicted molar refractivity (Wildman–Crippen MR) is 104 cm³/mol. The lowest BCUT2D eigenvalue weighted by molar-refractivity contribution is 0.0221. The molecule has 144 valence electrons. The van der Waals surface area contributed by atoms with Gasteiger partial charge in [-0.2, -0.15) is 0 Å². The minimum absolute atomic E-state index is 0.0681. The molecule has 0 radical (unpaired) electrons. The zero-order valence-corrected chi connectivity index (χ0v) is 15.9. The number of nitrogens with zero attached hydrogens (tertiary/aromatic N) is 4. The molecule has 1 amide bonds. The van der Waals surface area contributed by atoms with E-state index in [0.29, 0.717) is 24.5 Å². The molecule has 0 atom stereocenters. The molecule has 1 saturated heterocycles. The van der Waals surface area contributed by atoms with Gasteiger partial charge in [0.05, 0.1) is 17.6 Å². The minimum atomic E-state index is -0.0800. The largest absolute Gasteiger partial charge is 0.355 e. The standard InChI is InChI=1S/C21H23N5O2/c1-25-10-7-16-19(23-14-22-16)21(25)8-11-26(12-9-21)20(27)17-13-18(28-24-17)15-5-3-2-4-6-15/h2-6,13-14H,7-12H2,1H3,(H,22,23). The molecular formula is C21H23N5O2. The molecule has 0 bridgehead atoms. The van der Waals surface area contributed by atoms with Crippen molar-refractivity contribution in [3.8, 4) is 11.3 Å². The quantitative estimate of drug-likeness (QED) is 0.743. The first kappa shape index (κ1) is 17.2. The highest BCUT2D eigenvalue weighted by Crippen LogP contribution is 2.41. The Labute approximate surface area is 163 Å². The Balaban J connectivity index is 1.33. The Hall–Kier alpha value is -2.93. The number of benzene rings is 1. The predicted octanol–water partition coefficient (Wildman–Crippen LogP) is 2.68. The molecule has 4 heterocycles. The smallest absolute Gasteiger partial charge is 0.276 e. The Bertz CT molecular complexity index is 985. The summed E-state index contributed by atoms with van der Waals surface area (Å²) in [4.78, 5) is 25.2. The summed E-state index contributed by atoms with van der Waals surface area (Å²) in [6.07, 6.45) is 4.54. The summed E-state index contributed by atoms with van der Waals surface area (Å²) in [5.41, 5.74) is 3.60. The third kappa shape index (κ3) is 2.65. The highest BCUT2D eigenvalue weighted by Gasteiger charge is 2.45. The van der Waals surface area contributed by atoms with Crippen LogP contribution in [0.2, 0.25) is 0 Å². The van der Waals surface area contributed by atoms with Gasteiger partial charge in [-0.05, 0) is 19.9 Å². The zero-order valence-electron chi connectivity index (χ0n) is 15.9. The first-order valence-corrected chi connectivity index (χ1v) is 9.73. The number of piperidine rings is 1. The van der Waals surface area contributed by atoms with E-state index in [9.17, 15) is 4.79 Å². The van der Waals surface area contributed by atoms with Crippen molar-refractivity contribution in [3.05, 3.63) is 59.8 Å². The van der Waals surface area contributed by atoms with E-state index in [0.717, 1.165) is 37.1 Å². The fraction of sp³-hybridized carbons (Fsp3) is 0.381. The Morgan fingerprint density at radius 2 is 1.96 bits per heavy atom. The van der Waals surface area contributed by atoms with Gasteiger partial charge in [0.2, 0.25) is 0 Å². The van der Waals surface area contributed by atoms with Gasteiger partial charge in [0, 0.05) is 43.4 Å². The van der Waals surface area contributed by atoms with E-state index in [1.54, 1.807) is 12.4 Å². The van der Waals surface area contributed by atoms with Crippen molar-refractivity contribution >= 4 is 5.91 Å². The molecule has 7 nitrogen and oxygen atoms in total. The molecule has 1 N–H and O–H groups in total. The first-order valence-electron chi connectivity index (χ1n) is 9.73. The summed E-state index contributed by atoms with van der Waals surface area (Å²) in [5, 5.41) is 4.02. The molecule has 2 aliphatic rings. The number of aromatic nitrogens is 3. The van der Waals surface area contributed by atoms with Crippen LogP contribution < -0.4 is 0 Å². The number of likely N-dealkylation sites (N-methyl/N-ethyl adjacent to an activating group) is 1.